The van der Waals surface area contributed by atoms with Crippen LogP contribution in [-0.4, -0.2) is 11.6 Å². The molecule has 106 valence electrons. The summed E-state index contributed by atoms with van der Waals surface area (Å²) in [5.41, 5.74) is 2.75. The number of benzene rings is 1. The molecule has 2 aromatic rings. The number of nitrogens with zero attached hydrogens (tertiary/aromatic N) is 1. The second kappa shape index (κ2) is 5.76. The number of hydrogen-bond acceptors (Lipinski definition) is 4. The summed E-state index contributed by atoms with van der Waals surface area (Å²) in [6.07, 6.45) is 1.37. The maximum Gasteiger partial charge on any atom is 0.223 e. The highest BCUT2D eigenvalue weighted by molar-refractivity contribution is 6.17. The fraction of sp³-hybridized carbons (Fsp3) is 0.235. The van der Waals surface area contributed by atoms with Crippen molar-refractivity contribution in [3.63, 3.8) is 0 Å². The molecule has 1 aromatic heterocycles. The molecule has 0 unspecified atom stereocenters. The molecule has 0 N–H and O–H groups in total. The van der Waals surface area contributed by atoms with Crippen molar-refractivity contribution < 1.29 is 14.0 Å². The largest absolute Gasteiger partial charge is 0.461 e. The first kappa shape index (κ1) is 14.7. The Balaban J connectivity index is 2.41. The van der Waals surface area contributed by atoms with Gasteiger partial charge in [0.05, 0.1) is 12.3 Å². The van der Waals surface area contributed by atoms with E-state index in [4.69, 9.17) is 4.42 Å². The van der Waals surface area contributed by atoms with Gasteiger partial charge in [0.15, 0.2) is 17.5 Å². The Kier molecular flexibility index (Phi) is 4.04. The van der Waals surface area contributed by atoms with Crippen LogP contribution >= 0.6 is 0 Å². The highest BCUT2D eigenvalue weighted by Gasteiger charge is 2.32. The van der Waals surface area contributed by atoms with Gasteiger partial charge in [-0.15, -0.1) is 0 Å². The lowest BCUT2D eigenvalue weighted by atomic mass is 9.89. The molecule has 0 saturated heterocycles. The first-order valence-electron chi connectivity index (χ1n) is 6.55. The molecule has 0 aliphatic heterocycles. The lowest BCUT2D eigenvalue weighted by Gasteiger charge is -2.10. The molecule has 21 heavy (non-hydrogen) atoms. The standard InChI is InChI=1S/C17H15NO3/c1-10-5-4-6-13(12(10)3)15(19)14(9-18)16(20)17-11(2)7-8-21-17/h4-8,14H,1-3H3/t14-/m1/s1. The van der Waals surface area contributed by atoms with Gasteiger partial charge in [0.25, 0.3) is 0 Å². The number of ketones is 2. The molecule has 0 aliphatic rings. The zero-order chi connectivity index (χ0) is 15.6. The minimum Gasteiger partial charge on any atom is -0.461 e. The normalized spacial score (nSPS) is 11.7. The summed E-state index contributed by atoms with van der Waals surface area (Å²) in [7, 11) is 0. The lowest BCUT2D eigenvalue weighted by Crippen LogP contribution is -2.24. The van der Waals surface area contributed by atoms with Crippen LogP contribution in [0.2, 0.25) is 0 Å². The molecule has 0 spiro atoms. The summed E-state index contributed by atoms with van der Waals surface area (Å²) in [5.74, 6) is -2.39. The van der Waals surface area contributed by atoms with Crippen LogP contribution in [0.4, 0.5) is 0 Å². The van der Waals surface area contributed by atoms with Crippen LogP contribution in [0.3, 0.4) is 0 Å². The first-order valence-corrected chi connectivity index (χ1v) is 6.55. The third-order valence-electron chi connectivity index (χ3n) is 3.61. The molecule has 2 rings (SSSR count). The van der Waals surface area contributed by atoms with Gasteiger partial charge in [-0.05, 0) is 43.5 Å². The summed E-state index contributed by atoms with van der Waals surface area (Å²) in [4.78, 5) is 24.8. The average Bonchev–Trinajstić information content (AvgIpc) is 2.88. The number of hydrogen-bond donors (Lipinski definition) is 0. The van der Waals surface area contributed by atoms with Gasteiger partial charge in [-0.2, -0.15) is 5.26 Å². The highest BCUT2D eigenvalue weighted by atomic mass is 16.3. The van der Waals surface area contributed by atoms with Gasteiger partial charge in [-0.1, -0.05) is 18.2 Å². The number of furan rings is 1. The van der Waals surface area contributed by atoms with Gasteiger partial charge < -0.3 is 4.42 Å². The minimum absolute atomic E-state index is 0.0696. The van der Waals surface area contributed by atoms with Crippen molar-refractivity contribution in [3.05, 3.63) is 58.5 Å². The van der Waals surface area contributed by atoms with E-state index in [1.165, 1.54) is 6.26 Å². The average molecular weight is 281 g/mol. The second-order valence-corrected chi connectivity index (χ2v) is 4.97. The predicted molar refractivity (Wildman–Crippen MR) is 77.1 cm³/mol. The fourth-order valence-corrected chi connectivity index (χ4v) is 2.17. The third kappa shape index (κ3) is 2.63. The molecule has 0 radical (unpaired) electrons. The van der Waals surface area contributed by atoms with Gasteiger partial charge in [0.2, 0.25) is 5.78 Å². The third-order valence-corrected chi connectivity index (χ3v) is 3.61. The Bertz CT molecular complexity index is 750. The molecule has 0 aliphatic carbocycles. The van der Waals surface area contributed by atoms with Crippen LogP contribution in [0.5, 0.6) is 0 Å². The van der Waals surface area contributed by atoms with E-state index < -0.39 is 17.5 Å². The molecule has 4 nitrogen and oxygen atoms in total. The quantitative estimate of drug-likeness (QED) is 0.636. The van der Waals surface area contributed by atoms with Crippen molar-refractivity contribution in [2.45, 2.75) is 20.8 Å². The van der Waals surface area contributed by atoms with E-state index in [1.807, 2.05) is 13.0 Å². The van der Waals surface area contributed by atoms with Crippen LogP contribution in [0, 0.1) is 38.0 Å². The van der Waals surface area contributed by atoms with Crippen LogP contribution in [-0.2, 0) is 0 Å². The first-order chi connectivity index (χ1) is 9.97. The van der Waals surface area contributed by atoms with Crippen molar-refractivity contribution in [2.75, 3.05) is 0 Å². The number of aryl methyl sites for hydroxylation is 2. The Labute approximate surface area is 123 Å². The number of Topliss-reactive ketones (excluding diaryl/α,β-unsaturated/α-hetero) is 2. The van der Waals surface area contributed by atoms with Crippen LogP contribution in [0.15, 0.2) is 34.9 Å². The predicted octanol–water partition coefficient (Wildman–Crippen LogP) is 3.41. The van der Waals surface area contributed by atoms with Crippen molar-refractivity contribution in [2.24, 2.45) is 5.92 Å². The summed E-state index contributed by atoms with van der Waals surface area (Å²) in [6.45, 7) is 5.39. The molecule has 1 atom stereocenters. The van der Waals surface area contributed by atoms with Crippen molar-refractivity contribution >= 4 is 11.6 Å². The molecule has 0 amide bonds. The SMILES string of the molecule is Cc1ccoc1C(=O)[C@H](C#N)C(=O)c1cccc(C)c1C. The van der Waals surface area contributed by atoms with E-state index in [0.29, 0.717) is 11.1 Å². The summed E-state index contributed by atoms with van der Waals surface area (Å²) >= 11 is 0. The number of nitriles is 1. The zero-order valence-corrected chi connectivity index (χ0v) is 12.1. The zero-order valence-electron chi connectivity index (χ0n) is 12.1. The maximum atomic E-state index is 12.5. The smallest absolute Gasteiger partial charge is 0.223 e. The van der Waals surface area contributed by atoms with Gasteiger partial charge in [-0.3, -0.25) is 9.59 Å². The molecule has 0 bridgehead atoms. The van der Waals surface area contributed by atoms with E-state index >= 15 is 0 Å². The molecule has 0 saturated carbocycles. The van der Waals surface area contributed by atoms with Crippen molar-refractivity contribution in [1.82, 2.24) is 0 Å². The van der Waals surface area contributed by atoms with Crippen molar-refractivity contribution in [1.29, 1.82) is 5.26 Å². The number of carbonyl (C=O) groups is 2. The molecular weight excluding hydrogens is 266 g/mol. The number of rotatable bonds is 4. The Morgan fingerprint density at radius 1 is 1.10 bits per heavy atom. The Hall–Kier alpha value is -2.67. The highest BCUT2D eigenvalue weighted by Crippen LogP contribution is 2.21. The molecular formula is C17H15NO3. The molecule has 1 aromatic carbocycles. The van der Waals surface area contributed by atoms with E-state index in [0.717, 1.165) is 11.1 Å². The Morgan fingerprint density at radius 3 is 2.38 bits per heavy atom. The van der Waals surface area contributed by atoms with Crippen molar-refractivity contribution in [3.8, 4) is 6.07 Å². The van der Waals surface area contributed by atoms with E-state index in [9.17, 15) is 14.9 Å². The van der Waals surface area contributed by atoms with E-state index in [1.54, 1.807) is 38.1 Å². The molecule has 4 heteroatoms. The lowest BCUT2D eigenvalue weighted by molar-refractivity contribution is 0.0828. The van der Waals surface area contributed by atoms with Crippen LogP contribution < -0.4 is 0 Å². The van der Waals surface area contributed by atoms with Gasteiger partial charge in [-0.25, -0.2) is 0 Å². The Morgan fingerprint density at radius 2 is 1.81 bits per heavy atom. The van der Waals surface area contributed by atoms with E-state index in [-0.39, 0.29) is 5.76 Å². The van der Waals surface area contributed by atoms with Gasteiger partial charge in [0.1, 0.15) is 0 Å². The summed E-state index contributed by atoms with van der Waals surface area (Å²) in [5, 5.41) is 9.24. The summed E-state index contributed by atoms with van der Waals surface area (Å²) < 4.78 is 5.10. The minimum atomic E-state index is -1.38. The number of carbonyl (C=O) groups excluding carboxylic acids is 2. The molecule has 1 heterocycles. The van der Waals surface area contributed by atoms with Gasteiger partial charge in [0, 0.05) is 5.56 Å². The molecule has 0 fully saturated rings. The second-order valence-electron chi connectivity index (χ2n) is 4.97. The van der Waals surface area contributed by atoms with E-state index in [2.05, 4.69) is 0 Å². The van der Waals surface area contributed by atoms with Crippen LogP contribution in [0.1, 0.15) is 37.6 Å². The van der Waals surface area contributed by atoms with Crippen LogP contribution in [0.25, 0.3) is 0 Å². The summed E-state index contributed by atoms with van der Waals surface area (Å²) in [6, 6.07) is 8.69. The fourth-order valence-electron chi connectivity index (χ4n) is 2.17. The maximum absolute atomic E-state index is 12.5. The van der Waals surface area contributed by atoms with Gasteiger partial charge >= 0.3 is 0 Å². The topological polar surface area (TPSA) is 71.1 Å². The monoisotopic (exact) mass is 281 g/mol.